The van der Waals surface area contributed by atoms with Crippen LogP contribution in [0.25, 0.3) is 0 Å². The van der Waals surface area contributed by atoms with Crippen molar-refractivity contribution in [2.75, 3.05) is 30.8 Å². The van der Waals surface area contributed by atoms with Crippen LogP contribution in [0.2, 0.25) is 0 Å². The molecule has 1 unspecified atom stereocenters. The lowest BCUT2D eigenvalue weighted by atomic mass is 9.88. The largest absolute Gasteiger partial charge is 0.497 e. The SMILES string of the molecule is COc1cccc(NC(=O)c2ccccc2NC(=O)C(C)C2CNC2)c1.Cl. The Morgan fingerprint density at radius 3 is 2.52 bits per heavy atom. The molecule has 1 heterocycles. The van der Waals surface area contributed by atoms with Gasteiger partial charge in [0, 0.05) is 17.7 Å². The standard InChI is InChI=1S/C20H23N3O3.ClH/c1-13(14-11-21-12-14)19(24)23-18-9-4-3-8-17(18)20(25)22-15-6-5-7-16(10-15)26-2;/h3-10,13-14,21H,11-12H2,1-2H3,(H,22,25)(H,23,24);1H. The Balaban J connectivity index is 0.00000261. The number of halogens is 1. The van der Waals surface area contributed by atoms with E-state index in [1.54, 1.807) is 55.6 Å². The van der Waals surface area contributed by atoms with Crippen molar-refractivity contribution < 1.29 is 14.3 Å². The van der Waals surface area contributed by atoms with Crippen molar-refractivity contribution in [1.82, 2.24) is 5.32 Å². The van der Waals surface area contributed by atoms with E-state index in [9.17, 15) is 9.59 Å². The van der Waals surface area contributed by atoms with Crippen LogP contribution in [0.4, 0.5) is 11.4 Å². The van der Waals surface area contributed by atoms with Crippen LogP contribution in [0.1, 0.15) is 17.3 Å². The van der Waals surface area contributed by atoms with E-state index in [0.29, 0.717) is 28.6 Å². The molecule has 1 fully saturated rings. The van der Waals surface area contributed by atoms with Crippen molar-refractivity contribution in [3.8, 4) is 5.75 Å². The number of carbonyl (C=O) groups excluding carboxylic acids is 2. The molecule has 1 atom stereocenters. The third-order valence-corrected chi connectivity index (χ3v) is 4.69. The zero-order valence-corrected chi connectivity index (χ0v) is 16.1. The van der Waals surface area contributed by atoms with Crippen molar-refractivity contribution in [2.24, 2.45) is 11.8 Å². The first-order chi connectivity index (χ1) is 12.6. The molecule has 144 valence electrons. The highest BCUT2D eigenvalue weighted by molar-refractivity contribution is 6.10. The van der Waals surface area contributed by atoms with E-state index in [1.807, 2.05) is 6.92 Å². The fourth-order valence-corrected chi connectivity index (χ4v) is 2.81. The maximum atomic E-state index is 12.7. The van der Waals surface area contributed by atoms with Crippen LogP contribution in [0.5, 0.6) is 5.75 Å². The molecule has 0 spiro atoms. The molecule has 0 aliphatic carbocycles. The van der Waals surface area contributed by atoms with E-state index in [1.165, 1.54) is 0 Å². The summed E-state index contributed by atoms with van der Waals surface area (Å²) in [6.45, 7) is 3.62. The van der Waals surface area contributed by atoms with Gasteiger partial charge in [-0.1, -0.05) is 25.1 Å². The number of hydrogen-bond acceptors (Lipinski definition) is 4. The van der Waals surface area contributed by atoms with Gasteiger partial charge in [0.15, 0.2) is 0 Å². The molecule has 0 aromatic heterocycles. The number of ether oxygens (including phenoxy) is 1. The predicted molar refractivity (Wildman–Crippen MR) is 109 cm³/mol. The average Bonchev–Trinajstić information content (AvgIpc) is 2.60. The molecule has 2 aromatic carbocycles. The first-order valence-electron chi connectivity index (χ1n) is 8.64. The maximum Gasteiger partial charge on any atom is 0.257 e. The van der Waals surface area contributed by atoms with Crippen LogP contribution >= 0.6 is 12.4 Å². The predicted octanol–water partition coefficient (Wildman–Crippen LogP) is 3.16. The zero-order chi connectivity index (χ0) is 18.5. The van der Waals surface area contributed by atoms with Gasteiger partial charge in [-0.2, -0.15) is 0 Å². The quantitative estimate of drug-likeness (QED) is 0.709. The number of anilines is 2. The number of carbonyl (C=O) groups is 2. The van der Waals surface area contributed by atoms with Crippen molar-refractivity contribution in [2.45, 2.75) is 6.92 Å². The minimum atomic E-state index is -0.285. The minimum absolute atomic E-state index is 0. The fraction of sp³-hybridized carbons (Fsp3) is 0.300. The topological polar surface area (TPSA) is 79.5 Å². The molecule has 6 nitrogen and oxygen atoms in total. The third-order valence-electron chi connectivity index (χ3n) is 4.69. The summed E-state index contributed by atoms with van der Waals surface area (Å²) in [5.41, 5.74) is 1.56. The van der Waals surface area contributed by atoms with Gasteiger partial charge in [-0.3, -0.25) is 9.59 Å². The Bertz CT molecular complexity index is 809. The van der Waals surface area contributed by atoms with Crippen molar-refractivity contribution in [3.05, 3.63) is 54.1 Å². The summed E-state index contributed by atoms with van der Waals surface area (Å²) in [5, 5.41) is 8.91. The van der Waals surface area contributed by atoms with E-state index in [2.05, 4.69) is 16.0 Å². The molecule has 2 aromatic rings. The first-order valence-corrected chi connectivity index (χ1v) is 8.64. The van der Waals surface area contributed by atoms with Gasteiger partial charge in [0.1, 0.15) is 5.75 Å². The maximum absolute atomic E-state index is 12.7. The van der Waals surface area contributed by atoms with Gasteiger partial charge in [-0.25, -0.2) is 0 Å². The van der Waals surface area contributed by atoms with Gasteiger partial charge in [0.2, 0.25) is 5.91 Å². The van der Waals surface area contributed by atoms with E-state index in [4.69, 9.17) is 4.74 Å². The summed E-state index contributed by atoms with van der Waals surface area (Å²) < 4.78 is 5.17. The molecule has 0 radical (unpaired) electrons. The summed E-state index contributed by atoms with van der Waals surface area (Å²) >= 11 is 0. The number of hydrogen-bond donors (Lipinski definition) is 3. The van der Waals surface area contributed by atoms with E-state index in [-0.39, 0.29) is 30.1 Å². The number of methoxy groups -OCH3 is 1. The minimum Gasteiger partial charge on any atom is -0.497 e. The number of amides is 2. The second-order valence-electron chi connectivity index (χ2n) is 6.43. The Kier molecular flexibility index (Phi) is 7.21. The lowest BCUT2D eigenvalue weighted by molar-refractivity contribution is -0.121. The van der Waals surface area contributed by atoms with Crippen molar-refractivity contribution in [1.29, 1.82) is 0 Å². The highest BCUT2D eigenvalue weighted by atomic mass is 35.5. The average molecular weight is 390 g/mol. The lowest BCUT2D eigenvalue weighted by Crippen LogP contribution is -2.48. The highest BCUT2D eigenvalue weighted by Gasteiger charge is 2.29. The molecular formula is C20H24ClN3O3. The number of rotatable bonds is 6. The Labute approximate surface area is 165 Å². The van der Waals surface area contributed by atoms with E-state index >= 15 is 0 Å². The second kappa shape index (κ2) is 9.39. The van der Waals surface area contributed by atoms with E-state index < -0.39 is 0 Å². The number of nitrogens with one attached hydrogen (secondary N) is 3. The van der Waals surface area contributed by atoms with Gasteiger partial charge in [-0.15, -0.1) is 12.4 Å². The molecule has 3 rings (SSSR count). The molecule has 7 heteroatoms. The molecule has 1 aliphatic heterocycles. The summed E-state index contributed by atoms with van der Waals surface area (Å²) in [4.78, 5) is 25.2. The molecular weight excluding hydrogens is 366 g/mol. The number of para-hydroxylation sites is 1. The van der Waals surface area contributed by atoms with Gasteiger partial charge < -0.3 is 20.7 Å². The Morgan fingerprint density at radius 1 is 1.11 bits per heavy atom. The van der Waals surface area contributed by atoms with Crippen LogP contribution in [0, 0.1) is 11.8 Å². The second-order valence-corrected chi connectivity index (χ2v) is 6.43. The van der Waals surface area contributed by atoms with E-state index in [0.717, 1.165) is 13.1 Å². The molecule has 1 saturated heterocycles. The van der Waals surface area contributed by atoms with Crippen LogP contribution in [-0.2, 0) is 4.79 Å². The summed E-state index contributed by atoms with van der Waals surface area (Å²) in [7, 11) is 1.57. The van der Waals surface area contributed by atoms with Crippen LogP contribution in [0.15, 0.2) is 48.5 Å². The van der Waals surface area contributed by atoms with Crippen molar-refractivity contribution in [3.63, 3.8) is 0 Å². The van der Waals surface area contributed by atoms with Crippen LogP contribution in [-0.4, -0.2) is 32.0 Å². The van der Waals surface area contributed by atoms with Crippen LogP contribution < -0.4 is 20.7 Å². The molecule has 1 aliphatic rings. The molecule has 3 N–H and O–H groups in total. The van der Waals surface area contributed by atoms with Crippen LogP contribution in [0.3, 0.4) is 0 Å². The summed E-state index contributed by atoms with van der Waals surface area (Å²) in [5.74, 6) is 0.538. The van der Waals surface area contributed by atoms with Gasteiger partial charge >= 0.3 is 0 Å². The normalized spacial score (nSPS) is 14.3. The lowest BCUT2D eigenvalue weighted by Gasteiger charge is -2.31. The molecule has 2 amide bonds. The Hall–Kier alpha value is -2.57. The van der Waals surface area contributed by atoms with Gasteiger partial charge in [-0.05, 0) is 43.3 Å². The summed E-state index contributed by atoms with van der Waals surface area (Å²) in [6.07, 6.45) is 0. The third kappa shape index (κ3) is 4.99. The smallest absolute Gasteiger partial charge is 0.257 e. The molecule has 27 heavy (non-hydrogen) atoms. The molecule has 0 bridgehead atoms. The summed E-state index contributed by atoms with van der Waals surface area (Å²) in [6, 6.07) is 14.1. The van der Waals surface area contributed by atoms with Gasteiger partial charge in [0.05, 0.1) is 18.4 Å². The zero-order valence-electron chi connectivity index (χ0n) is 15.3. The Morgan fingerprint density at radius 2 is 1.85 bits per heavy atom. The van der Waals surface area contributed by atoms with Crippen molar-refractivity contribution >= 4 is 35.6 Å². The fourth-order valence-electron chi connectivity index (χ4n) is 2.81. The first kappa shape index (κ1) is 20.7. The monoisotopic (exact) mass is 389 g/mol. The number of benzene rings is 2. The molecule has 0 saturated carbocycles. The van der Waals surface area contributed by atoms with Gasteiger partial charge in [0.25, 0.3) is 5.91 Å². The highest BCUT2D eigenvalue weighted by Crippen LogP contribution is 2.22.